The van der Waals surface area contributed by atoms with Gasteiger partial charge in [-0.1, -0.05) is 12.1 Å². The molecule has 2 aliphatic rings. The summed E-state index contributed by atoms with van der Waals surface area (Å²) in [6, 6.07) is 10.4. The number of sulfone groups is 1. The van der Waals surface area contributed by atoms with Crippen LogP contribution in [-0.2, 0) is 9.84 Å². The quantitative estimate of drug-likeness (QED) is 0.889. The van der Waals surface area contributed by atoms with Crippen LogP contribution in [0.3, 0.4) is 0 Å². The molecule has 26 heavy (non-hydrogen) atoms. The van der Waals surface area contributed by atoms with Crippen molar-refractivity contribution in [2.45, 2.75) is 31.2 Å². The summed E-state index contributed by atoms with van der Waals surface area (Å²) in [6.07, 6.45) is 2.59. The van der Waals surface area contributed by atoms with Gasteiger partial charge in [0.2, 0.25) is 0 Å². The molecule has 1 aliphatic heterocycles. The van der Waals surface area contributed by atoms with Crippen LogP contribution in [0.5, 0.6) is 0 Å². The first-order chi connectivity index (χ1) is 12.5. The molecule has 7 nitrogen and oxygen atoms in total. The molecule has 4 rings (SSSR count). The number of para-hydroxylation sites is 1. The first-order valence-corrected chi connectivity index (χ1v) is 10.4. The molecule has 8 heteroatoms. The molecular formula is C18H18N4O3S. The summed E-state index contributed by atoms with van der Waals surface area (Å²) in [7, 11) is -3.03. The highest BCUT2D eigenvalue weighted by Gasteiger charge is 2.36. The third-order valence-electron chi connectivity index (χ3n) is 4.84. The lowest BCUT2D eigenvalue weighted by Crippen LogP contribution is -2.17. The highest BCUT2D eigenvalue weighted by Crippen LogP contribution is 2.42. The number of nitrogens with one attached hydrogen (secondary N) is 1. The highest BCUT2D eigenvalue weighted by atomic mass is 32.2. The molecule has 2 heterocycles. The zero-order chi connectivity index (χ0) is 18.3. The fraction of sp³-hybridized carbons (Fsp3) is 0.389. The Labute approximate surface area is 151 Å². The van der Waals surface area contributed by atoms with E-state index >= 15 is 0 Å². The van der Waals surface area contributed by atoms with Crippen LogP contribution in [0.2, 0.25) is 0 Å². The Bertz CT molecular complexity index is 1020. The van der Waals surface area contributed by atoms with E-state index in [4.69, 9.17) is 5.26 Å². The lowest BCUT2D eigenvalue weighted by atomic mass is 10.2. The molecule has 1 saturated carbocycles. The number of amides is 1. The Hall–Kier alpha value is -2.66. The number of nitriles is 1. The Morgan fingerprint density at radius 2 is 2.04 bits per heavy atom. The van der Waals surface area contributed by atoms with Crippen molar-refractivity contribution in [1.29, 1.82) is 5.26 Å². The average Bonchev–Trinajstić information content (AvgIpc) is 3.26. The first-order valence-electron chi connectivity index (χ1n) is 8.57. The van der Waals surface area contributed by atoms with Crippen molar-refractivity contribution in [3.63, 3.8) is 0 Å². The zero-order valence-corrected chi connectivity index (χ0v) is 14.9. The van der Waals surface area contributed by atoms with Gasteiger partial charge in [-0.05, 0) is 37.5 Å². The summed E-state index contributed by atoms with van der Waals surface area (Å²) >= 11 is 0. The number of aromatic nitrogens is 2. The van der Waals surface area contributed by atoms with Gasteiger partial charge in [0.25, 0.3) is 5.91 Å². The van der Waals surface area contributed by atoms with Crippen molar-refractivity contribution in [3.05, 3.63) is 47.3 Å². The van der Waals surface area contributed by atoms with Crippen molar-refractivity contribution in [2.24, 2.45) is 0 Å². The van der Waals surface area contributed by atoms with E-state index in [1.165, 1.54) is 0 Å². The number of rotatable bonds is 4. The topological polar surface area (TPSA) is 105 Å². The maximum atomic E-state index is 12.6. The van der Waals surface area contributed by atoms with E-state index in [2.05, 4.69) is 10.4 Å². The second-order valence-electron chi connectivity index (χ2n) is 6.84. The second-order valence-corrected chi connectivity index (χ2v) is 9.07. The minimum atomic E-state index is -3.03. The first kappa shape index (κ1) is 16.8. The fourth-order valence-corrected chi connectivity index (χ4v) is 5.03. The van der Waals surface area contributed by atoms with Crippen LogP contribution in [0.4, 0.5) is 5.69 Å². The van der Waals surface area contributed by atoms with Gasteiger partial charge in [0.05, 0.1) is 28.8 Å². The van der Waals surface area contributed by atoms with Gasteiger partial charge < -0.3 is 5.32 Å². The van der Waals surface area contributed by atoms with E-state index in [0.717, 1.165) is 18.5 Å². The van der Waals surface area contributed by atoms with Gasteiger partial charge in [-0.2, -0.15) is 10.4 Å². The predicted molar refractivity (Wildman–Crippen MR) is 95.6 cm³/mol. The largest absolute Gasteiger partial charge is 0.319 e. The molecule has 1 amide bonds. The van der Waals surface area contributed by atoms with Crippen molar-refractivity contribution >= 4 is 21.4 Å². The molecular weight excluding hydrogens is 352 g/mol. The summed E-state index contributed by atoms with van der Waals surface area (Å²) in [6.45, 7) is 0. The van der Waals surface area contributed by atoms with Gasteiger partial charge in [-0.3, -0.25) is 9.48 Å². The number of benzene rings is 1. The summed E-state index contributed by atoms with van der Waals surface area (Å²) in [5.74, 6) is 0.193. The number of anilines is 1. The van der Waals surface area contributed by atoms with Gasteiger partial charge >= 0.3 is 0 Å². The van der Waals surface area contributed by atoms with Crippen LogP contribution in [0, 0.1) is 11.3 Å². The molecule has 2 aromatic rings. The number of hydrogen-bond donors (Lipinski definition) is 1. The van der Waals surface area contributed by atoms with Gasteiger partial charge in [0, 0.05) is 11.6 Å². The third kappa shape index (κ3) is 3.22. The van der Waals surface area contributed by atoms with Crippen LogP contribution in [0.25, 0.3) is 0 Å². The Balaban J connectivity index is 1.62. The maximum absolute atomic E-state index is 12.6. The molecule has 1 unspecified atom stereocenters. The van der Waals surface area contributed by atoms with Crippen molar-refractivity contribution in [2.75, 3.05) is 16.8 Å². The van der Waals surface area contributed by atoms with E-state index < -0.39 is 15.7 Å². The summed E-state index contributed by atoms with van der Waals surface area (Å²) < 4.78 is 25.4. The fourth-order valence-electron chi connectivity index (χ4n) is 3.34. The van der Waals surface area contributed by atoms with Crippen molar-refractivity contribution in [3.8, 4) is 6.07 Å². The molecule has 0 spiro atoms. The minimum absolute atomic E-state index is 0.0761. The average molecular weight is 370 g/mol. The molecule has 0 bridgehead atoms. The normalized spacial score (nSPS) is 21.3. The van der Waals surface area contributed by atoms with E-state index in [1.54, 1.807) is 35.0 Å². The smallest absolute Gasteiger partial charge is 0.276 e. The molecule has 2 fully saturated rings. The Kier molecular flexibility index (Phi) is 4.04. The van der Waals surface area contributed by atoms with Gasteiger partial charge in [-0.25, -0.2) is 8.42 Å². The van der Waals surface area contributed by atoms with Crippen LogP contribution < -0.4 is 5.32 Å². The van der Waals surface area contributed by atoms with Gasteiger partial charge in [0.15, 0.2) is 15.5 Å². The van der Waals surface area contributed by atoms with E-state index in [-0.39, 0.29) is 23.2 Å². The molecule has 134 valence electrons. The highest BCUT2D eigenvalue weighted by molar-refractivity contribution is 7.91. The summed E-state index contributed by atoms with van der Waals surface area (Å²) in [4.78, 5) is 12.6. The van der Waals surface area contributed by atoms with Crippen LogP contribution in [0.1, 0.15) is 53.0 Å². The monoisotopic (exact) mass is 370 g/mol. The predicted octanol–water partition coefficient (Wildman–Crippen LogP) is 2.24. The van der Waals surface area contributed by atoms with Crippen LogP contribution in [0.15, 0.2) is 30.3 Å². The van der Waals surface area contributed by atoms with Gasteiger partial charge in [0.1, 0.15) is 6.07 Å². The lowest BCUT2D eigenvalue weighted by Gasteiger charge is -2.12. The molecule has 1 aromatic carbocycles. The minimum Gasteiger partial charge on any atom is -0.319 e. The molecule has 1 N–H and O–H groups in total. The van der Waals surface area contributed by atoms with Crippen molar-refractivity contribution < 1.29 is 13.2 Å². The maximum Gasteiger partial charge on any atom is 0.276 e. The number of carbonyl (C=O) groups is 1. The van der Waals surface area contributed by atoms with Crippen molar-refractivity contribution in [1.82, 2.24) is 9.78 Å². The Morgan fingerprint density at radius 1 is 1.27 bits per heavy atom. The van der Waals surface area contributed by atoms with Crippen LogP contribution >= 0.6 is 0 Å². The molecule has 1 saturated heterocycles. The number of nitrogens with zero attached hydrogens (tertiary/aromatic N) is 3. The molecule has 1 atom stereocenters. The molecule has 0 radical (unpaired) electrons. The van der Waals surface area contributed by atoms with E-state index in [9.17, 15) is 13.2 Å². The third-order valence-corrected chi connectivity index (χ3v) is 6.59. The SMILES string of the molecule is N#Cc1ccccc1NC(=O)c1cc(C2CC2)n(C2CCS(=O)(=O)C2)n1. The second kappa shape index (κ2) is 6.25. The lowest BCUT2D eigenvalue weighted by molar-refractivity contribution is 0.102. The van der Waals surface area contributed by atoms with Crippen LogP contribution in [-0.4, -0.2) is 35.6 Å². The Morgan fingerprint density at radius 3 is 2.69 bits per heavy atom. The standard InChI is InChI=1S/C18H18N4O3S/c19-10-13-3-1-2-4-15(13)20-18(23)16-9-17(12-5-6-12)22(21-16)14-7-8-26(24,25)11-14/h1-4,9,12,14H,5-8,11H2,(H,20,23). The number of hydrogen-bond acceptors (Lipinski definition) is 5. The summed E-state index contributed by atoms with van der Waals surface area (Å²) in [5.41, 5.74) is 2.00. The van der Waals surface area contributed by atoms with Gasteiger partial charge in [-0.15, -0.1) is 0 Å². The molecule has 1 aliphatic carbocycles. The molecule has 1 aromatic heterocycles. The van der Waals surface area contributed by atoms with E-state index in [1.807, 2.05) is 6.07 Å². The van der Waals surface area contributed by atoms with E-state index in [0.29, 0.717) is 23.6 Å². The zero-order valence-electron chi connectivity index (χ0n) is 14.1. The summed E-state index contributed by atoms with van der Waals surface area (Å²) in [5, 5.41) is 16.3. The number of carbonyl (C=O) groups excluding carboxylic acids is 1.